The van der Waals surface area contributed by atoms with Gasteiger partial charge in [-0.25, -0.2) is 4.39 Å². The second-order valence-corrected chi connectivity index (χ2v) is 5.92. The first-order valence-corrected chi connectivity index (χ1v) is 8.25. The van der Waals surface area contributed by atoms with Crippen LogP contribution in [0.25, 0.3) is 0 Å². The average Bonchev–Trinajstić information content (AvgIpc) is 2.33. The van der Waals surface area contributed by atoms with Crippen molar-refractivity contribution in [2.24, 2.45) is 5.41 Å². The molecule has 0 saturated heterocycles. The molecular formula is C13H16Br2ClF. The van der Waals surface area contributed by atoms with Crippen molar-refractivity contribution in [3.05, 3.63) is 34.6 Å². The van der Waals surface area contributed by atoms with Gasteiger partial charge in [0.2, 0.25) is 0 Å². The van der Waals surface area contributed by atoms with E-state index in [1.54, 1.807) is 12.1 Å². The second-order valence-electron chi connectivity index (χ2n) is 4.39. The minimum atomic E-state index is -0.208. The minimum absolute atomic E-state index is 0.0284. The predicted octanol–water partition coefficient (Wildman–Crippen LogP) is 5.60. The molecule has 0 aromatic heterocycles. The van der Waals surface area contributed by atoms with Crippen molar-refractivity contribution < 1.29 is 4.39 Å². The Morgan fingerprint density at radius 3 is 2.41 bits per heavy atom. The van der Waals surface area contributed by atoms with Gasteiger partial charge in [0.25, 0.3) is 0 Å². The highest BCUT2D eigenvalue weighted by molar-refractivity contribution is 9.09. The summed E-state index contributed by atoms with van der Waals surface area (Å²) in [5.41, 5.74) is 0.655. The van der Waals surface area contributed by atoms with E-state index in [1.807, 2.05) is 0 Å². The van der Waals surface area contributed by atoms with Crippen LogP contribution < -0.4 is 0 Å². The lowest BCUT2D eigenvalue weighted by Crippen LogP contribution is -2.28. The molecule has 1 aromatic carbocycles. The zero-order valence-corrected chi connectivity index (χ0v) is 13.7. The highest BCUT2D eigenvalue weighted by atomic mass is 79.9. The van der Waals surface area contributed by atoms with Crippen LogP contribution >= 0.6 is 43.5 Å². The fraction of sp³-hybridized carbons (Fsp3) is 0.538. The molecule has 0 amide bonds. The van der Waals surface area contributed by atoms with E-state index in [4.69, 9.17) is 11.6 Å². The lowest BCUT2D eigenvalue weighted by Gasteiger charge is -2.30. The molecule has 0 unspecified atom stereocenters. The van der Waals surface area contributed by atoms with Crippen molar-refractivity contribution in [3.63, 3.8) is 0 Å². The summed E-state index contributed by atoms with van der Waals surface area (Å²) in [5, 5.41) is 2.19. The summed E-state index contributed by atoms with van der Waals surface area (Å²) in [4.78, 5) is 0. The summed E-state index contributed by atoms with van der Waals surface area (Å²) in [7, 11) is 0. The molecule has 0 nitrogen and oxygen atoms in total. The Labute approximate surface area is 124 Å². The molecule has 0 atom stereocenters. The predicted molar refractivity (Wildman–Crippen MR) is 80.0 cm³/mol. The second kappa shape index (κ2) is 7.10. The van der Waals surface area contributed by atoms with Crippen LogP contribution in [0.5, 0.6) is 0 Å². The number of hydrogen-bond donors (Lipinski definition) is 0. The van der Waals surface area contributed by atoms with Gasteiger partial charge >= 0.3 is 0 Å². The summed E-state index contributed by atoms with van der Waals surface area (Å²) in [6.45, 7) is 2.14. The zero-order chi connectivity index (χ0) is 12.9. The van der Waals surface area contributed by atoms with E-state index < -0.39 is 0 Å². The maximum absolute atomic E-state index is 13.8. The monoisotopic (exact) mass is 384 g/mol. The van der Waals surface area contributed by atoms with Crippen molar-refractivity contribution in [2.75, 3.05) is 10.7 Å². The summed E-state index contributed by atoms with van der Waals surface area (Å²) in [6, 6.07) is 4.87. The van der Waals surface area contributed by atoms with Gasteiger partial charge in [-0.05, 0) is 30.4 Å². The van der Waals surface area contributed by atoms with Crippen LogP contribution in [0.1, 0.15) is 25.3 Å². The quantitative estimate of drug-likeness (QED) is 0.559. The summed E-state index contributed by atoms with van der Waals surface area (Å²) < 4.78 is 13.8. The van der Waals surface area contributed by atoms with E-state index in [2.05, 4.69) is 38.8 Å². The SMILES string of the molecule is CCCC(CBr)(CBr)Cc1c(F)cccc1Cl. The fourth-order valence-electron chi connectivity index (χ4n) is 1.96. The molecule has 0 aliphatic heterocycles. The third kappa shape index (κ3) is 3.93. The lowest BCUT2D eigenvalue weighted by atomic mass is 9.81. The Kier molecular flexibility index (Phi) is 6.46. The summed E-state index contributed by atoms with van der Waals surface area (Å²) in [5.74, 6) is -0.208. The van der Waals surface area contributed by atoms with Gasteiger partial charge in [0.15, 0.2) is 0 Å². The number of benzene rings is 1. The third-order valence-electron chi connectivity index (χ3n) is 2.96. The molecule has 0 saturated carbocycles. The highest BCUT2D eigenvalue weighted by Crippen LogP contribution is 2.35. The summed E-state index contributed by atoms with van der Waals surface area (Å²) >= 11 is 13.2. The van der Waals surface area contributed by atoms with Crippen molar-refractivity contribution in [3.8, 4) is 0 Å². The molecule has 0 spiro atoms. The van der Waals surface area contributed by atoms with E-state index in [1.165, 1.54) is 6.07 Å². The average molecular weight is 387 g/mol. The van der Waals surface area contributed by atoms with Crippen molar-refractivity contribution in [2.45, 2.75) is 26.2 Å². The van der Waals surface area contributed by atoms with Gasteiger partial charge in [0.1, 0.15) is 5.82 Å². The Morgan fingerprint density at radius 1 is 1.29 bits per heavy atom. The maximum Gasteiger partial charge on any atom is 0.127 e. The van der Waals surface area contributed by atoms with E-state index in [9.17, 15) is 4.39 Å². The van der Waals surface area contributed by atoms with Gasteiger partial charge in [-0.1, -0.05) is 62.9 Å². The fourth-order valence-corrected chi connectivity index (χ4v) is 4.07. The Balaban J connectivity index is 3.01. The number of rotatable bonds is 6. The van der Waals surface area contributed by atoms with Crippen LogP contribution in [-0.4, -0.2) is 10.7 Å². The zero-order valence-electron chi connectivity index (χ0n) is 9.78. The van der Waals surface area contributed by atoms with Crippen LogP contribution in [0.3, 0.4) is 0 Å². The number of alkyl halides is 2. The van der Waals surface area contributed by atoms with E-state index in [0.29, 0.717) is 17.0 Å². The minimum Gasteiger partial charge on any atom is -0.207 e. The third-order valence-corrected chi connectivity index (χ3v) is 5.69. The van der Waals surface area contributed by atoms with Gasteiger partial charge in [-0.2, -0.15) is 0 Å². The molecule has 0 aliphatic carbocycles. The molecule has 0 radical (unpaired) electrons. The first-order valence-electron chi connectivity index (χ1n) is 5.63. The highest BCUT2D eigenvalue weighted by Gasteiger charge is 2.29. The van der Waals surface area contributed by atoms with Crippen LogP contribution in [0.4, 0.5) is 4.39 Å². The van der Waals surface area contributed by atoms with Gasteiger partial charge < -0.3 is 0 Å². The smallest absolute Gasteiger partial charge is 0.127 e. The van der Waals surface area contributed by atoms with Crippen LogP contribution in [0, 0.1) is 11.2 Å². The molecule has 0 N–H and O–H groups in total. The first-order chi connectivity index (χ1) is 8.08. The first kappa shape index (κ1) is 15.5. The molecular weight excluding hydrogens is 370 g/mol. The molecule has 4 heteroatoms. The van der Waals surface area contributed by atoms with Gasteiger partial charge in [0, 0.05) is 21.2 Å². The van der Waals surface area contributed by atoms with Gasteiger partial charge in [-0.3, -0.25) is 0 Å². The standard InChI is InChI=1S/C13H16Br2ClF/c1-2-6-13(8-14,9-15)7-10-11(16)4-3-5-12(10)17/h3-5H,2,6-9H2,1H3. The lowest BCUT2D eigenvalue weighted by molar-refractivity contribution is 0.346. The van der Waals surface area contributed by atoms with E-state index in [0.717, 1.165) is 23.5 Å². The van der Waals surface area contributed by atoms with E-state index >= 15 is 0 Å². The molecule has 1 rings (SSSR count). The molecule has 1 aromatic rings. The van der Waals surface area contributed by atoms with Crippen molar-refractivity contribution >= 4 is 43.5 Å². The Bertz CT molecular complexity index is 344. The summed E-state index contributed by atoms with van der Waals surface area (Å²) in [6.07, 6.45) is 2.76. The maximum atomic E-state index is 13.8. The largest absolute Gasteiger partial charge is 0.207 e. The van der Waals surface area contributed by atoms with Crippen molar-refractivity contribution in [1.29, 1.82) is 0 Å². The molecule has 0 bridgehead atoms. The van der Waals surface area contributed by atoms with Crippen LogP contribution in [-0.2, 0) is 6.42 Å². The molecule has 96 valence electrons. The number of halogens is 4. The van der Waals surface area contributed by atoms with Gasteiger partial charge in [-0.15, -0.1) is 0 Å². The normalized spacial score (nSPS) is 11.8. The topological polar surface area (TPSA) is 0 Å². The van der Waals surface area contributed by atoms with E-state index in [-0.39, 0.29) is 11.2 Å². The molecule has 0 heterocycles. The van der Waals surface area contributed by atoms with Crippen LogP contribution in [0.2, 0.25) is 5.02 Å². The molecule has 0 fully saturated rings. The molecule has 17 heavy (non-hydrogen) atoms. The molecule has 0 aliphatic rings. The van der Waals surface area contributed by atoms with Crippen molar-refractivity contribution in [1.82, 2.24) is 0 Å². The number of hydrogen-bond acceptors (Lipinski definition) is 0. The van der Waals surface area contributed by atoms with Gasteiger partial charge in [0.05, 0.1) is 0 Å². The Morgan fingerprint density at radius 2 is 1.94 bits per heavy atom. The Hall–Kier alpha value is 0.400. The van der Waals surface area contributed by atoms with Crippen LogP contribution in [0.15, 0.2) is 18.2 Å².